The summed E-state index contributed by atoms with van der Waals surface area (Å²) in [7, 11) is -1.03. The summed E-state index contributed by atoms with van der Waals surface area (Å²) in [6.45, 7) is 3.66. The van der Waals surface area contributed by atoms with Crippen molar-refractivity contribution in [3.05, 3.63) is 76.3 Å². The Kier molecular flexibility index (Phi) is 6.96. The molecule has 0 saturated carbocycles. The molecule has 3 aromatic carbocycles. The van der Waals surface area contributed by atoms with Gasteiger partial charge in [0.15, 0.2) is 11.5 Å². The molecule has 0 aliphatic rings. The number of nitrogens with one attached hydrogen (secondary N) is 2. The van der Waals surface area contributed by atoms with Gasteiger partial charge in [-0.2, -0.15) is 0 Å². The van der Waals surface area contributed by atoms with Gasteiger partial charge >= 0.3 is 0 Å². The monoisotopic (exact) mass is 474 g/mol. The average molecular weight is 475 g/mol. The molecule has 3 aromatic rings. The third-order valence-electron chi connectivity index (χ3n) is 4.76. The van der Waals surface area contributed by atoms with Crippen LogP contribution in [0.3, 0.4) is 0 Å². The largest absolute Gasteiger partial charge is 0.493 e. The van der Waals surface area contributed by atoms with Crippen LogP contribution in [0.1, 0.15) is 21.5 Å². The van der Waals surface area contributed by atoms with Crippen molar-refractivity contribution in [3.63, 3.8) is 0 Å². The maximum atomic E-state index is 13.0. The van der Waals surface area contributed by atoms with E-state index in [0.717, 1.165) is 11.1 Å². The van der Waals surface area contributed by atoms with E-state index in [-0.39, 0.29) is 15.5 Å². The van der Waals surface area contributed by atoms with Gasteiger partial charge < -0.3 is 14.8 Å². The van der Waals surface area contributed by atoms with Crippen LogP contribution in [0.5, 0.6) is 11.5 Å². The summed E-state index contributed by atoms with van der Waals surface area (Å²) in [5.74, 6) is 0.461. The molecule has 2 N–H and O–H groups in total. The molecule has 0 aliphatic carbocycles. The lowest BCUT2D eigenvalue weighted by molar-refractivity contribution is 0.102. The van der Waals surface area contributed by atoms with Crippen LogP contribution in [-0.2, 0) is 10.0 Å². The highest BCUT2D eigenvalue weighted by Gasteiger charge is 2.21. The standard InChI is InChI=1S/C23H23ClN2O5S/c1-14-5-6-15(2)19(11-14)26-32(28,29)22-12-16(7-9-18(22)24)23(27)25-17-8-10-20(30-3)21(13-17)31-4/h5-13,26H,1-4H3,(H,25,27). The van der Waals surface area contributed by atoms with Crippen molar-refractivity contribution in [1.82, 2.24) is 0 Å². The first-order chi connectivity index (χ1) is 15.1. The number of carbonyl (C=O) groups excluding carboxylic acids is 1. The number of aryl methyl sites for hydroxylation is 2. The second-order valence-corrected chi connectivity index (χ2v) is 9.15. The maximum Gasteiger partial charge on any atom is 0.263 e. The highest BCUT2D eigenvalue weighted by atomic mass is 35.5. The first kappa shape index (κ1) is 23.4. The number of hydrogen-bond donors (Lipinski definition) is 2. The van der Waals surface area contributed by atoms with E-state index in [1.165, 1.54) is 32.4 Å². The first-order valence-electron chi connectivity index (χ1n) is 9.57. The van der Waals surface area contributed by atoms with E-state index in [0.29, 0.717) is 22.9 Å². The molecule has 0 spiro atoms. The summed E-state index contributed by atoms with van der Waals surface area (Å²) < 4.78 is 39.0. The SMILES string of the molecule is COc1ccc(NC(=O)c2ccc(Cl)c(S(=O)(=O)Nc3cc(C)ccc3C)c2)cc1OC. The molecule has 0 radical (unpaired) electrons. The Balaban J connectivity index is 1.89. The average Bonchev–Trinajstić information content (AvgIpc) is 2.76. The van der Waals surface area contributed by atoms with Crippen LogP contribution in [0.25, 0.3) is 0 Å². The third-order valence-corrected chi connectivity index (χ3v) is 6.61. The van der Waals surface area contributed by atoms with Gasteiger partial charge in [-0.1, -0.05) is 23.7 Å². The van der Waals surface area contributed by atoms with E-state index in [4.69, 9.17) is 21.1 Å². The predicted octanol–water partition coefficient (Wildman–Crippen LogP) is 5.03. The number of methoxy groups -OCH3 is 2. The molecule has 0 fully saturated rings. The second-order valence-electron chi connectivity index (χ2n) is 7.09. The minimum absolute atomic E-state index is 0.00507. The molecule has 9 heteroatoms. The van der Waals surface area contributed by atoms with E-state index in [1.54, 1.807) is 31.2 Å². The van der Waals surface area contributed by atoms with Crippen LogP contribution >= 0.6 is 11.6 Å². The van der Waals surface area contributed by atoms with Crippen LogP contribution in [0.2, 0.25) is 5.02 Å². The second kappa shape index (κ2) is 9.50. The number of anilines is 2. The molecule has 0 atom stereocenters. The lowest BCUT2D eigenvalue weighted by atomic mass is 10.1. The number of sulfonamides is 1. The lowest BCUT2D eigenvalue weighted by Gasteiger charge is -2.14. The summed E-state index contributed by atoms with van der Waals surface area (Å²) >= 11 is 6.17. The Hall–Kier alpha value is -3.23. The van der Waals surface area contributed by atoms with Crippen molar-refractivity contribution >= 4 is 38.9 Å². The van der Waals surface area contributed by atoms with Crippen molar-refractivity contribution in [2.45, 2.75) is 18.7 Å². The van der Waals surface area contributed by atoms with Crippen LogP contribution in [-0.4, -0.2) is 28.5 Å². The fourth-order valence-electron chi connectivity index (χ4n) is 3.01. The van der Waals surface area contributed by atoms with Gasteiger partial charge in [0.05, 0.1) is 24.9 Å². The van der Waals surface area contributed by atoms with E-state index < -0.39 is 15.9 Å². The quantitative estimate of drug-likeness (QED) is 0.501. The highest BCUT2D eigenvalue weighted by Crippen LogP contribution is 2.31. The molecule has 3 rings (SSSR count). The van der Waals surface area contributed by atoms with Crippen molar-refractivity contribution < 1.29 is 22.7 Å². The molecule has 0 unspecified atom stereocenters. The summed E-state index contributed by atoms with van der Waals surface area (Å²) in [4.78, 5) is 12.6. The number of hydrogen-bond acceptors (Lipinski definition) is 5. The Morgan fingerprint density at radius 2 is 1.62 bits per heavy atom. The molecule has 168 valence electrons. The molecule has 1 amide bonds. The van der Waals surface area contributed by atoms with Gasteiger partial charge in [0.2, 0.25) is 0 Å². The Bertz CT molecular complexity index is 1280. The molecule has 0 aromatic heterocycles. The van der Waals surface area contributed by atoms with E-state index >= 15 is 0 Å². The topological polar surface area (TPSA) is 93.7 Å². The van der Waals surface area contributed by atoms with Gasteiger partial charge in [0, 0.05) is 17.3 Å². The minimum atomic E-state index is -4.03. The summed E-state index contributed by atoms with van der Waals surface area (Å²) in [6.07, 6.45) is 0. The van der Waals surface area contributed by atoms with E-state index in [1.807, 2.05) is 19.1 Å². The molecule has 7 nitrogen and oxygen atoms in total. The molecule has 32 heavy (non-hydrogen) atoms. The maximum absolute atomic E-state index is 13.0. The van der Waals surface area contributed by atoms with Crippen LogP contribution in [0.15, 0.2) is 59.5 Å². The number of halogens is 1. The van der Waals surface area contributed by atoms with Gasteiger partial charge in [-0.05, 0) is 61.4 Å². The molecular weight excluding hydrogens is 452 g/mol. The summed E-state index contributed by atoms with van der Waals surface area (Å²) in [6, 6.07) is 14.4. The number of benzene rings is 3. The Labute approximate surface area is 192 Å². The fourth-order valence-corrected chi connectivity index (χ4v) is 4.66. The molecule has 0 saturated heterocycles. The molecule has 0 bridgehead atoms. The fraction of sp³-hybridized carbons (Fsp3) is 0.174. The van der Waals surface area contributed by atoms with Gasteiger partial charge in [-0.15, -0.1) is 0 Å². The van der Waals surface area contributed by atoms with Gasteiger partial charge in [0.1, 0.15) is 4.90 Å². The number of ether oxygens (including phenoxy) is 2. The third kappa shape index (κ3) is 5.15. The zero-order valence-electron chi connectivity index (χ0n) is 18.0. The molecule has 0 aliphatic heterocycles. The number of carbonyl (C=O) groups is 1. The molecular formula is C23H23ClN2O5S. The van der Waals surface area contributed by atoms with Gasteiger partial charge in [-0.25, -0.2) is 8.42 Å². The zero-order valence-corrected chi connectivity index (χ0v) is 19.6. The van der Waals surface area contributed by atoms with Crippen molar-refractivity contribution in [2.24, 2.45) is 0 Å². The minimum Gasteiger partial charge on any atom is -0.493 e. The van der Waals surface area contributed by atoms with E-state index in [9.17, 15) is 13.2 Å². The van der Waals surface area contributed by atoms with Crippen molar-refractivity contribution in [2.75, 3.05) is 24.3 Å². The molecule has 0 heterocycles. The number of amides is 1. The van der Waals surface area contributed by atoms with Crippen LogP contribution in [0.4, 0.5) is 11.4 Å². The highest BCUT2D eigenvalue weighted by molar-refractivity contribution is 7.92. The normalized spacial score (nSPS) is 11.0. The first-order valence-corrected chi connectivity index (χ1v) is 11.4. The van der Waals surface area contributed by atoms with Crippen LogP contribution < -0.4 is 19.5 Å². The van der Waals surface area contributed by atoms with Gasteiger partial charge in [0.25, 0.3) is 15.9 Å². The smallest absolute Gasteiger partial charge is 0.263 e. The van der Waals surface area contributed by atoms with Crippen LogP contribution in [0, 0.1) is 13.8 Å². The Morgan fingerprint density at radius 1 is 0.906 bits per heavy atom. The Morgan fingerprint density at radius 3 is 2.31 bits per heavy atom. The predicted molar refractivity (Wildman–Crippen MR) is 126 cm³/mol. The zero-order chi connectivity index (χ0) is 23.5. The summed E-state index contributed by atoms with van der Waals surface area (Å²) in [5.41, 5.74) is 2.70. The van der Waals surface area contributed by atoms with E-state index in [2.05, 4.69) is 10.0 Å². The lowest BCUT2D eigenvalue weighted by Crippen LogP contribution is -2.17. The summed E-state index contributed by atoms with van der Waals surface area (Å²) in [5, 5.41) is 2.72. The van der Waals surface area contributed by atoms with Crippen molar-refractivity contribution in [3.8, 4) is 11.5 Å². The van der Waals surface area contributed by atoms with Gasteiger partial charge in [-0.3, -0.25) is 9.52 Å². The van der Waals surface area contributed by atoms with Crippen molar-refractivity contribution in [1.29, 1.82) is 0 Å². The number of rotatable bonds is 7.